The molecule has 0 radical (unpaired) electrons. The summed E-state index contributed by atoms with van der Waals surface area (Å²) < 4.78 is 31.7. The van der Waals surface area contributed by atoms with Crippen LogP contribution in [0, 0.1) is 0 Å². The van der Waals surface area contributed by atoms with Gasteiger partial charge < -0.3 is 4.74 Å². The highest BCUT2D eigenvalue weighted by Gasteiger charge is 2.29. The smallest absolute Gasteiger partial charge is 0.321 e. The van der Waals surface area contributed by atoms with Crippen molar-refractivity contribution in [1.29, 1.82) is 0 Å². The fourth-order valence-corrected chi connectivity index (χ4v) is 3.32. The summed E-state index contributed by atoms with van der Waals surface area (Å²) in [6.07, 6.45) is 1.49. The third kappa shape index (κ3) is 4.91. The Hall–Kier alpha value is -0.660. The summed E-state index contributed by atoms with van der Waals surface area (Å²) in [5.74, 6) is -0.548. The Labute approximate surface area is 110 Å². The topological polar surface area (TPSA) is 66.9 Å². The summed E-state index contributed by atoms with van der Waals surface area (Å²) in [6, 6.07) is 0. The Bertz CT molecular complexity index is 337. The number of nitrogens with zero attached hydrogens (tertiary/aromatic N) is 2. The SMILES string of the molecule is CCCN(CCC)S(=O)(=O)N(CC)CC(=O)OC. The summed E-state index contributed by atoms with van der Waals surface area (Å²) >= 11 is 0. The predicted molar refractivity (Wildman–Crippen MR) is 70.3 cm³/mol. The molecule has 108 valence electrons. The molecule has 0 unspecified atom stereocenters. The average Bonchev–Trinajstić information content (AvgIpc) is 2.34. The van der Waals surface area contributed by atoms with Gasteiger partial charge in [0, 0.05) is 19.6 Å². The molecule has 0 spiro atoms. The van der Waals surface area contributed by atoms with Crippen molar-refractivity contribution >= 4 is 16.2 Å². The monoisotopic (exact) mass is 280 g/mol. The highest BCUT2D eigenvalue weighted by Crippen LogP contribution is 2.10. The first-order valence-electron chi connectivity index (χ1n) is 6.25. The van der Waals surface area contributed by atoms with Gasteiger partial charge in [-0.1, -0.05) is 20.8 Å². The van der Waals surface area contributed by atoms with Gasteiger partial charge in [-0.2, -0.15) is 17.0 Å². The highest BCUT2D eigenvalue weighted by molar-refractivity contribution is 7.86. The molecule has 0 saturated heterocycles. The van der Waals surface area contributed by atoms with Gasteiger partial charge in [0.1, 0.15) is 6.54 Å². The second kappa shape index (κ2) is 8.44. The van der Waals surface area contributed by atoms with E-state index < -0.39 is 16.2 Å². The molecule has 0 amide bonds. The maximum Gasteiger partial charge on any atom is 0.321 e. The van der Waals surface area contributed by atoms with Crippen LogP contribution in [-0.4, -0.2) is 56.3 Å². The third-order valence-electron chi connectivity index (χ3n) is 2.48. The van der Waals surface area contributed by atoms with Crippen molar-refractivity contribution in [2.24, 2.45) is 0 Å². The van der Waals surface area contributed by atoms with Crippen LogP contribution in [0.3, 0.4) is 0 Å². The molecule has 18 heavy (non-hydrogen) atoms. The fraction of sp³-hybridized carbons (Fsp3) is 0.909. The minimum atomic E-state index is -3.58. The van der Waals surface area contributed by atoms with Gasteiger partial charge in [0.25, 0.3) is 10.2 Å². The lowest BCUT2D eigenvalue weighted by molar-refractivity contribution is -0.140. The van der Waals surface area contributed by atoms with Crippen LogP contribution >= 0.6 is 0 Å². The van der Waals surface area contributed by atoms with Crippen LogP contribution in [0.15, 0.2) is 0 Å². The number of hydrogen-bond acceptors (Lipinski definition) is 4. The molecule has 0 aromatic heterocycles. The molecule has 7 heteroatoms. The normalized spacial score (nSPS) is 12.1. The average molecular weight is 280 g/mol. The second-order valence-corrected chi connectivity index (χ2v) is 5.84. The quantitative estimate of drug-likeness (QED) is 0.587. The first-order valence-corrected chi connectivity index (χ1v) is 7.65. The molecule has 6 nitrogen and oxygen atoms in total. The fourth-order valence-electron chi connectivity index (χ4n) is 1.57. The van der Waals surface area contributed by atoms with Crippen molar-refractivity contribution in [2.45, 2.75) is 33.6 Å². The van der Waals surface area contributed by atoms with Crippen LogP contribution in [0.2, 0.25) is 0 Å². The number of carbonyl (C=O) groups excluding carboxylic acids is 1. The van der Waals surface area contributed by atoms with Gasteiger partial charge >= 0.3 is 5.97 Å². The maximum atomic E-state index is 12.3. The van der Waals surface area contributed by atoms with Crippen molar-refractivity contribution in [3.63, 3.8) is 0 Å². The van der Waals surface area contributed by atoms with Gasteiger partial charge in [-0.25, -0.2) is 0 Å². The molecule has 0 heterocycles. The number of likely N-dealkylation sites (N-methyl/N-ethyl adjacent to an activating group) is 1. The number of methoxy groups -OCH3 is 1. The Morgan fingerprint density at radius 3 is 1.89 bits per heavy atom. The van der Waals surface area contributed by atoms with Crippen molar-refractivity contribution in [1.82, 2.24) is 8.61 Å². The highest BCUT2D eigenvalue weighted by atomic mass is 32.2. The molecular formula is C11H24N2O4S. The Balaban J connectivity index is 4.96. The molecular weight excluding hydrogens is 256 g/mol. The van der Waals surface area contributed by atoms with E-state index in [1.165, 1.54) is 11.4 Å². The van der Waals surface area contributed by atoms with Gasteiger partial charge in [0.2, 0.25) is 0 Å². The Kier molecular flexibility index (Phi) is 8.13. The minimum absolute atomic E-state index is 0.237. The first kappa shape index (κ1) is 17.3. The van der Waals surface area contributed by atoms with E-state index in [-0.39, 0.29) is 13.1 Å². The van der Waals surface area contributed by atoms with E-state index in [2.05, 4.69) is 4.74 Å². The van der Waals surface area contributed by atoms with Crippen LogP contribution in [-0.2, 0) is 19.7 Å². The van der Waals surface area contributed by atoms with Gasteiger partial charge in [-0.05, 0) is 12.8 Å². The van der Waals surface area contributed by atoms with Crippen LogP contribution < -0.4 is 0 Å². The number of ether oxygens (including phenoxy) is 1. The molecule has 0 bridgehead atoms. The summed E-state index contributed by atoms with van der Waals surface area (Å²) in [4.78, 5) is 11.2. The lowest BCUT2D eigenvalue weighted by atomic mass is 10.4. The number of carbonyl (C=O) groups is 1. The largest absolute Gasteiger partial charge is 0.468 e. The van der Waals surface area contributed by atoms with Crippen molar-refractivity contribution in [3.05, 3.63) is 0 Å². The van der Waals surface area contributed by atoms with E-state index in [1.807, 2.05) is 13.8 Å². The third-order valence-corrected chi connectivity index (χ3v) is 4.54. The Morgan fingerprint density at radius 2 is 1.56 bits per heavy atom. The van der Waals surface area contributed by atoms with Crippen LogP contribution in [0.1, 0.15) is 33.6 Å². The molecule has 0 rings (SSSR count). The summed E-state index contributed by atoms with van der Waals surface area (Å²) in [7, 11) is -2.33. The predicted octanol–water partition coefficient (Wildman–Crippen LogP) is 0.848. The lowest BCUT2D eigenvalue weighted by Crippen LogP contribution is -2.46. The standard InChI is InChI=1S/C11H24N2O4S/c1-5-8-13(9-6-2)18(15,16)12(7-3)10-11(14)17-4/h5-10H2,1-4H3. The molecule has 0 atom stereocenters. The van der Waals surface area contributed by atoms with E-state index in [1.54, 1.807) is 6.92 Å². The van der Waals surface area contributed by atoms with Crippen molar-refractivity contribution in [2.75, 3.05) is 33.3 Å². The van der Waals surface area contributed by atoms with E-state index in [9.17, 15) is 13.2 Å². The zero-order valence-electron chi connectivity index (χ0n) is 11.7. The van der Waals surface area contributed by atoms with E-state index in [4.69, 9.17) is 0 Å². The van der Waals surface area contributed by atoms with E-state index in [0.717, 1.165) is 17.1 Å². The van der Waals surface area contributed by atoms with Crippen molar-refractivity contribution in [3.8, 4) is 0 Å². The van der Waals surface area contributed by atoms with Crippen LogP contribution in [0.5, 0.6) is 0 Å². The molecule has 0 N–H and O–H groups in total. The molecule has 0 aliphatic heterocycles. The summed E-state index contributed by atoms with van der Waals surface area (Å²) in [6.45, 7) is 6.50. The summed E-state index contributed by atoms with van der Waals surface area (Å²) in [5, 5.41) is 0. The van der Waals surface area contributed by atoms with Gasteiger partial charge in [0.15, 0.2) is 0 Å². The van der Waals surface area contributed by atoms with Crippen LogP contribution in [0.4, 0.5) is 0 Å². The van der Waals surface area contributed by atoms with Gasteiger partial charge in [0.05, 0.1) is 7.11 Å². The molecule has 0 aromatic rings. The maximum absolute atomic E-state index is 12.3. The van der Waals surface area contributed by atoms with Gasteiger partial charge in [-0.15, -0.1) is 0 Å². The number of esters is 1. The lowest BCUT2D eigenvalue weighted by Gasteiger charge is -2.28. The molecule has 0 aliphatic carbocycles. The first-order chi connectivity index (χ1) is 8.43. The zero-order chi connectivity index (χ0) is 14.2. The van der Waals surface area contributed by atoms with Crippen molar-refractivity contribution < 1.29 is 17.9 Å². The minimum Gasteiger partial charge on any atom is -0.468 e. The number of rotatable bonds is 9. The van der Waals surface area contributed by atoms with Crippen LogP contribution in [0.25, 0.3) is 0 Å². The zero-order valence-corrected chi connectivity index (χ0v) is 12.5. The molecule has 0 aliphatic rings. The Morgan fingerprint density at radius 1 is 1.06 bits per heavy atom. The van der Waals surface area contributed by atoms with E-state index in [0.29, 0.717) is 13.1 Å². The molecule has 0 saturated carbocycles. The van der Waals surface area contributed by atoms with Gasteiger partial charge in [-0.3, -0.25) is 4.79 Å². The second-order valence-electron chi connectivity index (χ2n) is 3.91. The molecule has 0 fully saturated rings. The number of hydrogen-bond donors (Lipinski definition) is 0. The summed E-state index contributed by atoms with van der Waals surface area (Å²) in [5.41, 5.74) is 0. The molecule has 0 aromatic carbocycles. The van der Waals surface area contributed by atoms with E-state index >= 15 is 0 Å².